The van der Waals surface area contributed by atoms with Gasteiger partial charge in [-0.2, -0.15) is 5.10 Å². The minimum absolute atomic E-state index is 0.523. The van der Waals surface area contributed by atoms with Gasteiger partial charge in [-0.25, -0.2) is 0 Å². The highest BCUT2D eigenvalue weighted by Gasteiger charge is 1.96. The highest BCUT2D eigenvalue weighted by atomic mass is 32.1. The van der Waals surface area contributed by atoms with Crippen molar-refractivity contribution in [2.24, 2.45) is 5.10 Å². The summed E-state index contributed by atoms with van der Waals surface area (Å²) in [5.41, 5.74) is 6.14. The molecule has 0 fully saturated rings. The van der Waals surface area contributed by atoms with E-state index in [2.05, 4.69) is 29.7 Å². The number of hydrogen-bond donors (Lipinski definition) is 2. The van der Waals surface area contributed by atoms with Gasteiger partial charge in [0.15, 0.2) is 5.11 Å². The summed E-state index contributed by atoms with van der Waals surface area (Å²) in [6.45, 7) is 6.24. The van der Waals surface area contributed by atoms with E-state index in [1.54, 1.807) is 0 Å². The van der Waals surface area contributed by atoms with Gasteiger partial charge in [0.1, 0.15) is 0 Å². The fourth-order valence-corrected chi connectivity index (χ4v) is 1.59. The van der Waals surface area contributed by atoms with Gasteiger partial charge in [-0.1, -0.05) is 31.0 Å². The number of rotatable bonds is 5. The number of nitrogens with one attached hydrogen (secondary N) is 2. The van der Waals surface area contributed by atoms with Crippen LogP contribution in [-0.4, -0.2) is 10.8 Å². The van der Waals surface area contributed by atoms with Crippen molar-refractivity contribution in [3.8, 4) is 0 Å². The lowest BCUT2D eigenvalue weighted by Crippen LogP contribution is -2.24. The minimum Gasteiger partial charge on any atom is -0.331 e. The zero-order valence-corrected chi connectivity index (χ0v) is 12.1. The summed E-state index contributed by atoms with van der Waals surface area (Å²) in [6.07, 6.45) is 3.35. The third-order valence-electron chi connectivity index (χ3n) is 2.55. The molecule has 0 unspecified atom stereocenters. The Bertz CT molecular complexity index is 410. The number of aryl methyl sites for hydroxylation is 1. The molecule has 0 aromatic heterocycles. The van der Waals surface area contributed by atoms with Crippen LogP contribution in [0.15, 0.2) is 29.4 Å². The molecular formula is C14H21N3S. The number of nitrogens with zero attached hydrogens (tertiary/aromatic N) is 1. The van der Waals surface area contributed by atoms with Gasteiger partial charge in [0.25, 0.3) is 0 Å². The van der Waals surface area contributed by atoms with E-state index in [1.807, 2.05) is 31.2 Å². The summed E-state index contributed by atoms with van der Waals surface area (Å²) in [6, 6.07) is 8.08. The molecule has 0 saturated heterocycles. The SMILES string of the molecule is CCCC/C(C)=N\NC(=S)Nc1ccc(C)cc1. The van der Waals surface area contributed by atoms with Gasteiger partial charge < -0.3 is 5.32 Å². The maximum Gasteiger partial charge on any atom is 0.191 e. The van der Waals surface area contributed by atoms with Crippen LogP contribution in [0.2, 0.25) is 0 Å². The molecular weight excluding hydrogens is 242 g/mol. The Kier molecular flexibility index (Phi) is 6.36. The van der Waals surface area contributed by atoms with E-state index in [9.17, 15) is 0 Å². The maximum absolute atomic E-state index is 5.17. The Morgan fingerprint density at radius 1 is 1.28 bits per heavy atom. The van der Waals surface area contributed by atoms with Crippen LogP contribution in [0.4, 0.5) is 5.69 Å². The molecule has 0 heterocycles. The fraction of sp³-hybridized carbons (Fsp3) is 0.429. The van der Waals surface area contributed by atoms with Crippen LogP contribution in [0, 0.1) is 6.92 Å². The Labute approximate surface area is 115 Å². The van der Waals surface area contributed by atoms with Crippen molar-refractivity contribution < 1.29 is 0 Å². The van der Waals surface area contributed by atoms with Crippen LogP contribution in [0.25, 0.3) is 0 Å². The van der Waals surface area contributed by atoms with Crippen molar-refractivity contribution in [3.05, 3.63) is 29.8 Å². The number of anilines is 1. The summed E-state index contributed by atoms with van der Waals surface area (Å²) in [5, 5.41) is 7.85. The smallest absolute Gasteiger partial charge is 0.191 e. The predicted molar refractivity (Wildman–Crippen MR) is 83.2 cm³/mol. The number of thiocarbonyl (C=S) groups is 1. The standard InChI is InChI=1S/C14H21N3S/c1-4-5-6-12(3)16-17-14(18)15-13-9-7-11(2)8-10-13/h7-10H,4-6H2,1-3H3,(H2,15,17,18)/b16-12-. The topological polar surface area (TPSA) is 36.4 Å². The molecule has 2 N–H and O–H groups in total. The monoisotopic (exact) mass is 263 g/mol. The predicted octanol–water partition coefficient (Wildman–Crippen LogP) is 3.85. The lowest BCUT2D eigenvalue weighted by molar-refractivity contribution is 0.825. The van der Waals surface area contributed by atoms with Crippen LogP contribution in [-0.2, 0) is 0 Å². The number of benzene rings is 1. The van der Waals surface area contributed by atoms with E-state index in [-0.39, 0.29) is 0 Å². The Balaban J connectivity index is 2.39. The first-order valence-corrected chi connectivity index (χ1v) is 6.69. The first-order chi connectivity index (χ1) is 8.61. The van der Waals surface area contributed by atoms with Crippen molar-refractivity contribution in [2.45, 2.75) is 40.0 Å². The van der Waals surface area contributed by atoms with Gasteiger partial charge in [-0.05, 0) is 51.0 Å². The molecule has 98 valence electrons. The second-order valence-electron chi connectivity index (χ2n) is 4.38. The average Bonchev–Trinajstić information content (AvgIpc) is 2.36. The van der Waals surface area contributed by atoms with Crippen LogP contribution < -0.4 is 10.7 Å². The van der Waals surface area contributed by atoms with Crippen LogP contribution in [0.1, 0.15) is 38.7 Å². The molecule has 0 radical (unpaired) electrons. The summed E-state index contributed by atoms with van der Waals surface area (Å²) < 4.78 is 0. The molecule has 0 atom stereocenters. The van der Waals surface area contributed by atoms with E-state index >= 15 is 0 Å². The van der Waals surface area contributed by atoms with Gasteiger partial charge in [0, 0.05) is 11.4 Å². The van der Waals surface area contributed by atoms with Gasteiger partial charge >= 0.3 is 0 Å². The molecule has 0 spiro atoms. The van der Waals surface area contributed by atoms with Crippen molar-refractivity contribution in [2.75, 3.05) is 5.32 Å². The summed E-state index contributed by atoms with van der Waals surface area (Å²) in [5.74, 6) is 0. The highest BCUT2D eigenvalue weighted by Crippen LogP contribution is 2.08. The van der Waals surface area contributed by atoms with Gasteiger partial charge in [0.2, 0.25) is 0 Å². The van der Waals surface area contributed by atoms with E-state index in [4.69, 9.17) is 12.2 Å². The molecule has 0 bridgehead atoms. The molecule has 1 aromatic carbocycles. The Hall–Kier alpha value is -1.42. The van der Waals surface area contributed by atoms with Gasteiger partial charge in [-0.3, -0.25) is 5.43 Å². The van der Waals surface area contributed by atoms with E-state index in [0.29, 0.717) is 5.11 Å². The van der Waals surface area contributed by atoms with Crippen LogP contribution in [0.3, 0.4) is 0 Å². The second-order valence-corrected chi connectivity index (χ2v) is 4.79. The molecule has 1 aromatic rings. The lowest BCUT2D eigenvalue weighted by atomic mass is 10.2. The molecule has 1 rings (SSSR count). The molecule has 0 aliphatic carbocycles. The Morgan fingerprint density at radius 2 is 1.94 bits per heavy atom. The fourth-order valence-electron chi connectivity index (χ4n) is 1.43. The largest absolute Gasteiger partial charge is 0.331 e. The van der Waals surface area contributed by atoms with Crippen molar-refractivity contribution in [1.29, 1.82) is 0 Å². The summed E-state index contributed by atoms with van der Waals surface area (Å²) >= 11 is 5.17. The van der Waals surface area contributed by atoms with E-state index in [1.165, 1.54) is 12.0 Å². The van der Waals surface area contributed by atoms with Crippen molar-refractivity contribution in [3.63, 3.8) is 0 Å². The highest BCUT2D eigenvalue weighted by molar-refractivity contribution is 7.80. The Morgan fingerprint density at radius 3 is 2.56 bits per heavy atom. The molecule has 0 saturated carbocycles. The van der Waals surface area contributed by atoms with Crippen molar-refractivity contribution >= 4 is 28.7 Å². The van der Waals surface area contributed by atoms with E-state index < -0.39 is 0 Å². The molecule has 4 heteroatoms. The third kappa shape index (κ3) is 5.77. The summed E-state index contributed by atoms with van der Waals surface area (Å²) in [7, 11) is 0. The number of hydrogen-bond acceptors (Lipinski definition) is 2. The molecule has 0 aliphatic heterocycles. The maximum atomic E-state index is 5.17. The normalized spacial score (nSPS) is 11.2. The van der Waals surface area contributed by atoms with E-state index in [0.717, 1.165) is 24.2 Å². The molecule has 0 amide bonds. The quantitative estimate of drug-likeness (QED) is 0.481. The number of unbranched alkanes of at least 4 members (excludes halogenated alkanes) is 1. The van der Waals surface area contributed by atoms with Crippen LogP contribution in [0.5, 0.6) is 0 Å². The zero-order valence-electron chi connectivity index (χ0n) is 11.3. The zero-order chi connectivity index (χ0) is 13.4. The molecule has 3 nitrogen and oxygen atoms in total. The van der Waals surface area contributed by atoms with Gasteiger partial charge in [-0.15, -0.1) is 0 Å². The lowest BCUT2D eigenvalue weighted by Gasteiger charge is -2.08. The molecule has 0 aliphatic rings. The summed E-state index contributed by atoms with van der Waals surface area (Å²) in [4.78, 5) is 0. The van der Waals surface area contributed by atoms with Crippen LogP contribution >= 0.6 is 12.2 Å². The third-order valence-corrected chi connectivity index (χ3v) is 2.74. The van der Waals surface area contributed by atoms with Gasteiger partial charge in [0.05, 0.1) is 0 Å². The number of hydrazone groups is 1. The van der Waals surface area contributed by atoms with Crippen molar-refractivity contribution in [1.82, 2.24) is 5.43 Å². The first kappa shape index (κ1) is 14.6. The first-order valence-electron chi connectivity index (χ1n) is 6.28. The second kappa shape index (κ2) is 7.82. The minimum atomic E-state index is 0.523. The molecule has 18 heavy (non-hydrogen) atoms. The average molecular weight is 263 g/mol.